The zero-order chi connectivity index (χ0) is 7.98. The van der Waals surface area contributed by atoms with Crippen LogP contribution in [0.3, 0.4) is 0 Å². The van der Waals surface area contributed by atoms with Crippen molar-refractivity contribution in [3.05, 3.63) is 29.5 Å². The van der Waals surface area contributed by atoms with Crippen LogP contribution in [-0.2, 0) is 0 Å². The summed E-state index contributed by atoms with van der Waals surface area (Å²) in [7, 11) is 0. The van der Waals surface area contributed by atoms with Gasteiger partial charge in [0.1, 0.15) is 0 Å². The molecule has 0 bridgehead atoms. The fourth-order valence-electron chi connectivity index (χ4n) is 0.502. The van der Waals surface area contributed by atoms with Gasteiger partial charge >= 0.3 is 0 Å². The lowest BCUT2D eigenvalue weighted by Gasteiger charge is -1.87. The molecule has 0 unspecified atom stereocenters. The van der Waals surface area contributed by atoms with Crippen molar-refractivity contribution >= 4 is 0 Å². The molecule has 0 atom stereocenters. The first-order valence-corrected chi connectivity index (χ1v) is 3.71. The molecule has 56 valence electrons. The number of rotatable bonds is 3. The summed E-state index contributed by atoms with van der Waals surface area (Å²) < 4.78 is 0. The van der Waals surface area contributed by atoms with Crippen molar-refractivity contribution in [3.8, 4) is 0 Å². The third-order valence-corrected chi connectivity index (χ3v) is 1.33. The quantitative estimate of drug-likeness (QED) is 0.411. The second kappa shape index (κ2) is 5.08. The van der Waals surface area contributed by atoms with Gasteiger partial charge in [0.2, 0.25) is 0 Å². The lowest BCUT2D eigenvalue weighted by atomic mass is 10.2. The highest BCUT2D eigenvalue weighted by Gasteiger charge is 1.78. The predicted molar refractivity (Wildman–Crippen MR) is 47.0 cm³/mol. The van der Waals surface area contributed by atoms with E-state index in [1.165, 1.54) is 11.1 Å². The SMILES string of the molecule is C=C(C)CC=C=C(C)CC. The van der Waals surface area contributed by atoms with E-state index in [9.17, 15) is 0 Å². The first-order valence-electron chi connectivity index (χ1n) is 3.71. The molecule has 0 amide bonds. The Morgan fingerprint density at radius 3 is 2.50 bits per heavy atom. The summed E-state index contributed by atoms with van der Waals surface area (Å²) in [6, 6.07) is 0. The van der Waals surface area contributed by atoms with Crippen molar-refractivity contribution in [1.82, 2.24) is 0 Å². The van der Waals surface area contributed by atoms with Crippen LogP contribution in [-0.4, -0.2) is 0 Å². The fourth-order valence-corrected chi connectivity index (χ4v) is 0.502. The molecule has 0 aromatic rings. The molecule has 0 spiro atoms. The monoisotopic (exact) mass is 136 g/mol. The normalized spacial score (nSPS) is 8.30. The molecule has 0 aliphatic heterocycles. The fraction of sp³-hybridized carbons (Fsp3) is 0.500. The van der Waals surface area contributed by atoms with Crippen LogP contribution in [0.1, 0.15) is 33.6 Å². The van der Waals surface area contributed by atoms with E-state index >= 15 is 0 Å². The highest BCUT2D eigenvalue weighted by atomic mass is 13.8. The van der Waals surface area contributed by atoms with E-state index in [1.54, 1.807) is 0 Å². The Hall–Kier alpha value is -0.740. The van der Waals surface area contributed by atoms with Crippen LogP contribution in [0.2, 0.25) is 0 Å². The molecule has 10 heavy (non-hydrogen) atoms. The molecule has 0 aliphatic carbocycles. The third kappa shape index (κ3) is 5.40. The summed E-state index contributed by atoms with van der Waals surface area (Å²) >= 11 is 0. The standard InChI is InChI=1S/C10H16/c1-5-10(4)8-6-7-9(2)3/h6H,2,5,7H2,1,3-4H3. The maximum absolute atomic E-state index is 3.80. The van der Waals surface area contributed by atoms with E-state index in [2.05, 4.69) is 26.2 Å². The van der Waals surface area contributed by atoms with Crippen LogP contribution < -0.4 is 0 Å². The van der Waals surface area contributed by atoms with Gasteiger partial charge < -0.3 is 0 Å². The molecule has 0 aromatic heterocycles. The van der Waals surface area contributed by atoms with Crippen molar-refractivity contribution in [1.29, 1.82) is 0 Å². The van der Waals surface area contributed by atoms with Crippen molar-refractivity contribution in [2.24, 2.45) is 0 Å². The van der Waals surface area contributed by atoms with Gasteiger partial charge in [-0.25, -0.2) is 0 Å². The molecule has 0 rings (SSSR count). The second-order valence-electron chi connectivity index (χ2n) is 2.64. The van der Waals surface area contributed by atoms with E-state index in [0.29, 0.717) is 0 Å². The summed E-state index contributed by atoms with van der Waals surface area (Å²) in [5.41, 5.74) is 5.69. The van der Waals surface area contributed by atoms with Crippen LogP contribution in [0.25, 0.3) is 0 Å². The number of hydrogen-bond donors (Lipinski definition) is 0. The Kier molecular flexibility index (Phi) is 4.70. The zero-order valence-corrected chi connectivity index (χ0v) is 7.20. The topological polar surface area (TPSA) is 0 Å². The van der Waals surface area contributed by atoms with Gasteiger partial charge in [0, 0.05) is 0 Å². The van der Waals surface area contributed by atoms with Gasteiger partial charge in [0.15, 0.2) is 0 Å². The van der Waals surface area contributed by atoms with Crippen LogP contribution in [0.5, 0.6) is 0 Å². The Morgan fingerprint density at radius 1 is 1.50 bits per heavy atom. The highest BCUT2D eigenvalue weighted by Crippen LogP contribution is 1.98. The average molecular weight is 136 g/mol. The van der Waals surface area contributed by atoms with E-state index in [0.717, 1.165) is 12.8 Å². The van der Waals surface area contributed by atoms with Crippen molar-refractivity contribution in [3.63, 3.8) is 0 Å². The molecular formula is C10H16. The average Bonchev–Trinajstić information content (AvgIpc) is 1.87. The van der Waals surface area contributed by atoms with Gasteiger partial charge in [0.05, 0.1) is 0 Å². The lowest BCUT2D eigenvalue weighted by molar-refractivity contribution is 1.10. The van der Waals surface area contributed by atoms with Gasteiger partial charge in [-0.1, -0.05) is 19.1 Å². The minimum absolute atomic E-state index is 0.956. The highest BCUT2D eigenvalue weighted by molar-refractivity contribution is 5.02. The Morgan fingerprint density at radius 2 is 2.10 bits per heavy atom. The van der Waals surface area contributed by atoms with Crippen molar-refractivity contribution in [2.45, 2.75) is 33.6 Å². The Balaban J connectivity index is 3.85. The molecule has 0 saturated carbocycles. The molecule has 0 radical (unpaired) electrons. The zero-order valence-electron chi connectivity index (χ0n) is 7.20. The molecule has 0 aromatic carbocycles. The lowest BCUT2D eigenvalue weighted by Crippen LogP contribution is -1.67. The maximum atomic E-state index is 3.80. The number of allylic oxidation sites excluding steroid dienone is 2. The summed E-state index contributed by atoms with van der Waals surface area (Å²) in [5, 5.41) is 0. The van der Waals surface area contributed by atoms with Gasteiger partial charge in [-0.3, -0.25) is 0 Å². The van der Waals surface area contributed by atoms with E-state index < -0.39 is 0 Å². The maximum Gasteiger partial charge on any atom is -0.00681 e. The molecular weight excluding hydrogens is 120 g/mol. The van der Waals surface area contributed by atoms with Crippen molar-refractivity contribution < 1.29 is 0 Å². The first kappa shape index (κ1) is 9.26. The molecule has 0 saturated heterocycles. The summed E-state index contributed by atoms with van der Waals surface area (Å²) in [5.74, 6) is 0. The van der Waals surface area contributed by atoms with E-state index in [-0.39, 0.29) is 0 Å². The van der Waals surface area contributed by atoms with Crippen LogP contribution in [0.4, 0.5) is 0 Å². The van der Waals surface area contributed by atoms with Crippen molar-refractivity contribution in [2.75, 3.05) is 0 Å². The summed E-state index contributed by atoms with van der Waals surface area (Å²) in [4.78, 5) is 0. The minimum atomic E-state index is 0.956. The van der Waals surface area contributed by atoms with Gasteiger partial charge in [-0.2, -0.15) is 0 Å². The molecule has 0 N–H and O–H groups in total. The van der Waals surface area contributed by atoms with Gasteiger partial charge in [-0.05, 0) is 38.3 Å². The van der Waals surface area contributed by atoms with Crippen LogP contribution in [0.15, 0.2) is 29.5 Å². The second-order valence-corrected chi connectivity index (χ2v) is 2.64. The van der Waals surface area contributed by atoms with E-state index in [4.69, 9.17) is 0 Å². The van der Waals surface area contributed by atoms with Crippen LogP contribution in [0, 0.1) is 0 Å². The van der Waals surface area contributed by atoms with Gasteiger partial charge in [-0.15, -0.1) is 5.73 Å². The Labute approximate surface area is 64.0 Å². The molecule has 0 nitrogen and oxygen atoms in total. The first-order chi connectivity index (χ1) is 4.66. The molecule has 0 aliphatic rings. The molecule has 0 fully saturated rings. The predicted octanol–water partition coefficient (Wildman–Crippen LogP) is 3.46. The Bertz CT molecular complexity index is 166. The minimum Gasteiger partial charge on any atom is -0.126 e. The number of hydrogen-bond acceptors (Lipinski definition) is 0. The molecule has 0 heterocycles. The largest absolute Gasteiger partial charge is 0.126 e. The smallest absolute Gasteiger partial charge is 0.00681 e. The summed E-state index contributed by atoms with van der Waals surface area (Å²) in [6.07, 6.45) is 4.09. The van der Waals surface area contributed by atoms with Crippen LogP contribution >= 0.6 is 0 Å². The molecule has 0 heteroatoms. The van der Waals surface area contributed by atoms with E-state index in [1.807, 2.05) is 13.0 Å². The summed E-state index contributed by atoms with van der Waals surface area (Å²) in [6.45, 7) is 10.1. The third-order valence-electron chi connectivity index (χ3n) is 1.33. The van der Waals surface area contributed by atoms with Gasteiger partial charge in [0.25, 0.3) is 0 Å².